The Hall–Kier alpha value is -5.08. The molecule has 0 amide bonds. The largest absolute Gasteiger partial charge is 0.293 e. The van der Waals surface area contributed by atoms with Crippen LogP contribution >= 0.6 is 0 Å². The fourth-order valence-electron chi connectivity index (χ4n) is 8.30. The first kappa shape index (κ1) is 23.6. The number of hydrogen-bond donors (Lipinski definition) is 0. The molecule has 0 aromatic heterocycles. The molecule has 2 heteroatoms. The lowest BCUT2D eigenvalue weighted by atomic mass is 9.46. The third-order valence-corrected chi connectivity index (χ3v) is 10.4. The van der Waals surface area contributed by atoms with E-state index in [9.17, 15) is 0 Å². The molecule has 6 aromatic rings. The highest BCUT2D eigenvalue weighted by Gasteiger charge is 2.63. The first-order valence-corrected chi connectivity index (χ1v) is 14.5. The highest BCUT2D eigenvalue weighted by atomic mass is 16.1. The van der Waals surface area contributed by atoms with Crippen molar-refractivity contribution in [2.45, 2.75) is 24.7 Å². The van der Waals surface area contributed by atoms with E-state index in [0.29, 0.717) is 11.1 Å². The van der Waals surface area contributed by atoms with E-state index in [4.69, 9.17) is 0 Å². The summed E-state index contributed by atoms with van der Waals surface area (Å²) < 4.78 is 0. The van der Waals surface area contributed by atoms with Crippen LogP contribution in [0.25, 0.3) is 55.6 Å². The molecule has 0 N–H and O–H groups in total. The summed E-state index contributed by atoms with van der Waals surface area (Å²) in [5.41, 5.74) is 4.83. The second-order valence-electron chi connectivity index (χ2n) is 12.2. The maximum atomic E-state index is 15.2. The second kappa shape index (κ2) is 7.80. The normalized spacial score (nSPS) is 22.1. The van der Waals surface area contributed by atoms with Crippen LogP contribution in [0.2, 0.25) is 0 Å². The van der Waals surface area contributed by atoms with Gasteiger partial charge in [-0.3, -0.25) is 9.59 Å². The van der Waals surface area contributed by atoms with Gasteiger partial charge in [-0.2, -0.15) is 0 Å². The van der Waals surface area contributed by atoms with E-state index < -0.39 is 10.8 Å². The zero-order valence-corrected chi connectivity index (χ0v) is 23.4. The van der Waals surface area contributed by atoms with E-state index in [1.54, 1.807) is 0 Å². The molecule has 0 spiro atoms. The maximum Gasteiger partial charge on any atom is 0.175 e. The summed E-state index contributed by atoms with van der Waals surface area (Å²) in [4.78, 5) is 30.3. The van der Waals surface area contributed by atoms with Crippen molar-refractivity contribution in [2.75, 3.05) is 0 Å². The van der Waals surface area contributed by atoms with Crippen molar-refractivity contribution in [1.82, 2.24) is 0 Å². The molecule has 6 aromatic carbocycles. The molecule has 0 saturated carbocycles. The molecule has 42 heavy (non-hydrogen) atoms. The van der Waals surface area contributed by atoms with Gasteiger partial charge in [-0.05, 0) is 91.7 Å². The van der Waals surface area contributed by atoms with Crippen LogP contribution in [0.4, 0.5) is 0 Å². The monoisotopic (exact) mass is 538 g/mol. The smallest absolute Gasteiger partial charge is 0.175 e. The molecule has 9 rings (SSSR count). The summed E-state index contributed by atoms with van der Waals surface area (Å²) >= 11 is 0. The van der Waals surface area contributed by atoms with Crippen molar-refractivity contribution in [3.8, 4) is 0 Å². The number of carbonyl (C=O) groups is 2. The van der Waals surface area contributed by atoms with Crippen molar-refractivity contribution < 1.29 is 9.59 Å². The van der Waals surface area contributed by atoms with E-state index in [1.807, 2.05) is 74.5 Å². The number of benzene rings is 6. The molecule has 0 aliphatic heterocycles. The molecule has 0 radical (unpaired) electrons. The van der Waals surface area contributed by atoms with Crippen LogP contribution in [0, 0.1) is 0 Å². The molecular formula is C40H26O2. The van der Waals surface area contributed by atoms with Gasteiger partial charge in [0, 0.05) is 11.1 Å². The van der Waals surface area contributed by atoms with Gasteiger partial charge < -0.3 is 0 Å². The van der Waals surface area contributed by atoms with Gasteiger partial charge in [0.2, 0.25) is 0 Å². The topological polar surface area (TPSA) is 34.1 Å². The molecular weight excluding hydrogens is 512 g/mol. The van der Waals surface area contributed by atoms with E-state index in [-0.39, 0.29) is 11.6 Å². The van der Waals surface area contributed by atoms with Gasteiger partial charge in [0.15, 0.2) is 11.6 Å². The molecule has 0 heterocycles. The van der Waals surface area contributed by atoms with Crippen LogP contribution in [-0.4, -0.2) is 11.6 Å². The Bertz CT molecular complexity index is 2120. The van der Waals surface area contributed by atoms with Crippen molar-refractivity contribution in [2.24, 2.45) is 0 Å². The second-order valence-corrected chi connectivity index (χ2v) is 12.2. The number of ketones is 2. The maximum absolute atomic E-state index is 15.2. The summed E-state index contributed by atoms with van der Waals surface area (Å²) in [5.74, 6) is 0.00115. The number of allylic oxidation sites excluding steroid dienone is 2. The van der Waals surface area contributed by atoms with Gasteiger partial charge in [0.25, 0.3) is 0 Å². The summed E-state index contributed by atoms with van der Waals surface area (Å²) in [6, 6.07) is 37.0. The Labute approximate surface area is 243 Å². The minimum atomic E-state index is -1.12. The van der Waals surface area contributed by atoms with E-state index in [0.717, 1.165) is 54.9 Å². The standard InChI is InChI=1S/C40H26O2/c1-39-35-25(21-31(37(39)41)23-11-5-3-6-12-23)17-19-29-27-15-9-10-16-28(27)30-20-18-26-22-32(24-13-7-4-8-14-24)38(42)40(39,2)36(26)34(30)33(29)35/h3-22H,1-2H3/t39-,40-/m0/s1. The predicted octanol–water partition coefficient (Wildman–Crippen LogP) is 8.92. The summed E-state index contributed by atoms with van der Waals surface area (Å²) in [6.45, 7) is 4.08. The zero-order chi connectivity index (χ0) is 28.4. The highest BCUT2D eigenvalue weighted by Crippen LogP contribution is 2.63. The number of rotatable bonds is 2. The van der Waals surface area contributed by atoms with Crippen molar-refractivity contribution >= 4 is 67.2 Å². The zero-order valence-electron chi connectivity index (χ0n) is 23.4. The summed E-state index contributed by atoms with van der Waals surface area (Å²) in [5, 5.41) is 6.82. The Kier molecular flexibility index (Phi) is 4.39. The molecule has 0 bridgehead atoms. The number of fused-ring (bicyclic) bond motifs is 4. The molecule has 0 fully saturated rings. The number of hydrogen-bond acceptors (Lipinski definition) is 2. The summed E-state index contributed by atoms with van der Waals surface area (Å²) in [7, 11) is 0. The van der Waals surface area contributed by atoms with E-state index >= 15 is 9.59 Å². The molecule has 3 aliphatic rings. The Morgan fingerprint density at radius 2 is 0.810 bits per heavy atom. The van der Waals surface area contributed by atoms with Crippen LogP contribution in [-0.2, 0) is 20.4 Å². The van der Waals surface area contributed by atoms with Crippen LogP contribution in [0.15, 0.2) is 109 Å². The van der Waals surface area contributed by atoms with Crippen LogP contribution in [0.3, 0.4) is 0 Å². The van der Waals surface area contributed by atoms with Gasteiger partial charge >= 0.3 is 0 Å². The van der Waals surface area contributed by atoms with Crippen molar-refractivity contribution in [3.05, 3.63) is 143 Å². The predicted molar refractivity (Wildman–Crippen MR) is 172 cm³/mol. The quantitative estimate of drug-likeness (QED) is 0.206. The molecule has 0 saturated heterocycles. The van der Waals surface area contributed by atoms with Gasteiger partial charge in [-0.1, -0.05) is 109 Å². The first-order chi connectivity index (χ1) is 20.4. The Morgan fingerprint density at radius 1 is 0.429 bits per heavy atom. The van der Waals surface area contributed by atoms with Crippen LogP contribution in [0.5, 0.6) is 0 Å². The third-order valence-electron chi connectivity index (χ3n) is 10.4. The molecule has 2 atom stereocenters. The molecule has 2 nitrogen and oxygen atoms in total. The molecule has 0 unspecified atom stereocenters. The fourth-order valence-corrected chi connectivity index (χ4v) is 8.30. The van der Waals surface area contributed by atoms with Crippen molar-refractivity contribution in [3.63, 3.8) is 0 Å². The van der Waals surface area contributed by atoms with Gasteiger partial charge in [0.05, 0.1) is 10.8 Å². The van der Waals surface area contributed by atoms with Gasteiger partial charge in [-0.15, -0.1) is 0 Å². The lowest BCUT2D eigenvalue weighted by Crippen LogP contribution is -2.59. The fraction of sp³-hybridized carbons (Fsp3) is 0.100. The number of Topliss-reactive ketones (excluding diaryl/α,β-unsaturated/α-hetero) is 2. The minimum Gasteiger partial charge on any atom is -0.293 e. The average molecular weight is 539 g/mol. The lowest BCUT2D eigenvalue weighted by molar-refractivity contribution is -0.129. The van der Waals surface area contributed by atoms with Crippen LogP contribution in [0.1, 0.15) is 47.2 Å². The molecule has 3 aliphatic carbocycles. The molecule has 198 valence electrons. The van der Waals surface area contributed by atoms with E-state index in [1.165, 1.54) is 10.8 Å². The van der Waals surface area contributed by atoms with Gasteiger partial charge in [-0.25, -0.2) is 0 Å². The Morgan fingerprint density at radius 3 is 1.21 bits per heavy atom. The Balaban J connectivity index is 1.53. The summed E-state index contributed by atoms with van der Waals surface area (Å²) in [6.07, 6.45) is 4.10. The van der Waals surface area contributed by atoms with E-state index in [2.05, 4.69) is 60.7 Å². The first-order valence-electron chi connectivity index (χ1n) is 14.5. The minimum absolute atomic E-state index is 0.000577. The highest BCUT2D eigenvalue weighted by molar-refractivity contribution is 6.42. The lowest BCUT2D eigenvalue weighted by Gasteiger charge is -2.53. The van der Waals surface area contributed by atoms with Crippen LogP contribution < -0.4 is 0 Å². The van der Waals surface area contributed by atoms with Crippen molar-refractivity contribution in [1.29, 1.82) is 0 Å². The van der Waals surface area contributed by atoms with Gasteiger partial charge in [0.1, 0.15) is 0 Å². The number of carbonyl (C=O) groups excluding carboxylic acids is 2. The third kappa shape index (κ3) is 2.57. The average Bonchev–Trinajstić information content (AvgIpc) is 3.04. The SMILES string of the molecule is C[C@@]12C(=O)C(c3ccccc3)=Cc3ccc4c5ccccc5c5ccc6c(c5c4c31)[C@@]2(C)C(=O)C(c1ccccc1)=C6.